The van der Waals surface area contributed by atoms with Gasteiger partial charge in [0, 0.05) is 27.1 Å². The third-order valence-corrected chi connectivity index (χ3v) is 2.60. The van der Waals surface area contributed by atoms with Gasteiger partial charge < -0.3 is 21.1 Å². The molecule has 2 unspecified atom stereocenters. The van der Waals surface area contributed by atoms with Crippen LogP contribution < -0.4 is 11.1 Å². The Hall–Kier alpha value is -1.63. The predicted octanol–water partition coefficient (Wildman–Crippen LogP) is -0.981. The Morgan fingerprint density at radius 3 is 2.39 bits per heavy atom. The van der Waals surface area contributed by atoms with E-state index < -0.39 is 12.0 Å². The third-order valence-electron chi connectivity index (χ3n) is 2.60. The molecular formula is C11H21N3O4. The van der Waals surface area contributed by atoms with Crippen LogP contribution in [0, 0.1) is 5.92 Å². The summed E-state index contributed by atoms with van der Waals surface area (Å²) in [6, 6.07) is -0.844. The maximum absolute atomic E-state index is 11.8. The Morgan fingerprint density at radius 2 is 1.94 bits per heavy atom. The largest absolute Gasteiger partial charge is 0.481 e. The first-order valence-corrected chi connectivity index (χ1v) is 5.73. The van der Waals surface area contributed by atoms with Gasteiger partial charge in [-0.2, -0.15) is 0 Å². The molecule has 0 aliphatic rings. The van der Waals surface area contributed by atoms with Crippen LogP contribution in [0.3, 0.4) is 0 Å². The summed E-state index contributed by atoms with van der Waals surface area (Å²) in [5, 5.41) is 11.0. The second kappa shape index (κ2) is 7.65. The highest BCUT2D eigenvalue weighted by atomic mass is 16.4. The minimum Gasteiger partial charge on any atom is -0.481 e. The maximum atomic E-state index is 11.8. The Bertz CT molecular complexity index is 319. The average molecular weight is 259 g/mol. The van der Waals surface area contributed by atoms with Gasteiger partial charge in [-0.15, -0.1) is 0 Å². The predicted molar refractivity (Wildman–Crippen MR) is 65.7 cm³/mol. The normalized spacial score (nSPS) is 13.6. The number of carbonyl (C=O) groups excluding carboxylic acids is 2. The van der Waals surface area contributed by atoms with Crippen LogP contribution >= 0.6 is 0 Å². The summed E-state index contributed by atoms with van der Waals surface area (Å²) in [6.07, 6.45) is -0.0569. The Balaban J connectivity index is 4.24. The molecule has 2 atom stereocenters. The molecule has 0 radical (unpaired) electrons. The number of amides is 2. The van der Waals surface area contributed by atoms with Crippen molar-refractivity contribution >= 4 is 17.8 Å². The number of nitrogens with one attached hydrogen (secondary N) is 1. The maximum Gasteiger partial charge on any atom is 0.303 e. The van der Waals surface area contributed by atoms with Crippen molar-refractivity contribution in [2.45, 2.75) is 25.8 Å². The molecule has 0 rings (SSSR count). The van der Waals surface area contributed by atoms with E-state index in [0.717, 1.165) is 0 Å². The van der Waals surface area contributed by atoms with E-state index in [4.69, 9.17) is 10.8 Å². The molecule has 0 aromatic rings. The molecule has 4 N–H and O–H groups in total. The van der Waals surface area contributed by atoms with Crippen LogP contribution in [0.25, 0.3) is 0 Å². The summed E-state index contributed by atoms with van der Waals surface area (Å²) < 4.78 is 0. The molecule has 0 aromatic heterocycles. The Kier molecular flexibility index (Phi) is 6.96. The topological polar surface area (TPSA) is 113 Å². The summed E-state index contributed by atoms with van der Waals surface area (Å²) in [6.45, 7) is 1.95. The number of hydrogen-bond acceptors (Lipinski definition) is 4. The molecule has 18 heavy (non-hydrogen) atoms. The molecule has 0 saturated carbocycles. The number of carboxylic acid groups (broad SMARTS) is 1. The van der Waals surface area contributed by atoms with Crippen molar-refractivity contribution in [3.05, 3.63) is 0 Å². The fraction of sp³-hybridized carbons (Fsp3) is 0.727. The number of carboxylic acids is 1. The third kappa shape index (κ3) is 5.62. The highest BCUT2D eigenvalue weighted by molar-refractivity contribution is 5.83. The molecule has 0 saturated heterocycles. The summed E-state index contributed by atoms with van der Waals surface area (Å²) in [7, 11) is 3.07. The van der Waals surface area contributed by atoms with Crippen LogP contribution in [-0.4, -0.2) is 54.5 Å². The second-order valence-corrected chi connectivity index (χ2v) is 4.27. The van der Waals surface area contributed by atoms with E-state index in [1.54, 1.807) is 14.0 Å². The van der Waals surface area contributed by atoms with Crippen molar-refractivity contribution in [2.24, 2.45) is 11.7 Å². The first kappa shape index (κ1) is 16.4. The van der Waals surface area contributed by atoms with Crippen molar-refractivity contribution in [2.75, 3.05) is 20.6 Å². The van der Waals surface area contributed by atoms with Gasteiger partial charge in [0.05, 0.1) is 12.0 Å². The minimum absolute atomic E-state index is 0.0901. The van der Waals surface area contributed by atoms with Gasteiger partial charge in [0.1, 0.15) is 0 Å². The number of likely N-dealkylation sites (N-methyl/N-ethyl adjacent to an activating group) is 1. The van der Waals surface area contributed by atoms with Gasteiger partial charge in [0.15, 0.2) is 0 Å². The smallest absolute Gasteiger partial charge is 0.303 e. The summed E-state index contributed by atoms with van der Waals surface area (Å²) in [4.78, 5) is 34.8. The lowest BCUT2D eigenvalue weighted by molar-refractivity contribution is -0.137. The highest BCUT2D eigenvalue weighted by Crippen LogP contribution is 2.03. The van der Waals surface area contributed by atoms with Crippen molar-refractivity contribution in [3.8, 4) is 0 Å². The molecule has 0 aliphatic carbocycles. The van der Waals surface area contributed by atoms with Crippen LogP contribution in [0.1, 0.15) is 19.8 Å². The lowest BCUT2D eigenvalue weighted by Gasteiger charge is -2.23. The van der Waals surface area contributed by atoms with Gasteiger partial charge in [-0.3, -0.25) is 14.4 Å². The monoisotopic (exact) mass is 259 g/mol. The Labute approximate surface area is 106 Å². The van der Waals surface area contributed by atoms with Crippen molar-refractivity contribution in [1.29, 1.82) is 0 Å². The fourth-order valence-corrected chi connectivity index (χ4v) is 1.52. The molecule has 104 valence electrons. The molecule has 0 bridgehead atoms. The summed E-state index contributed by atoms with van der Waals surface area (Å²) in [5.74, 6) is -1.84. The van der Waals surface area contributed by atoms with E-state index in [-0.39, 0.29) is 37.1 Å². The molecule has 0 fully saturated rings. The quantitative estimate of drug-likeness (QED) is 0.544. The zero-order valence-corrected chi connectivity index (χ0v) is 11.0. The van der Waals surface area contributed by atoms with Gasteiger partial charge >= 0.3 is 5.97 Å². The number of carbonyl (C=O) groups is 3. The highest BCUT2D eigenvalue weighted by Gasteiger charge is 2.22. The molecule has 7 nitrogen and oxygen atoms in total. The van der Waals surface area contributed by atoms with E-state index in [1.807, 2.05) is 0 Å². The van der Waals surface area contributed by atoms with Crippen LogP contribution in [0.2, 0.25) is 0 Å². The number of hydrogen-bond donors (Lipinski definition) is 3. The van der Waals surface area contributed by atoms with E-state index in [1.165, 1.54) is 11.9 Å². The van der Waals surface area contributed by atoms with Crippen LogP contribution in [0.4, 0.5) is 0 Å². The van der Waals surface area contributed by atoms with Gasteiger partial charge in [-0.1, -0.05) is 6.92 Å². The zero-order valence-electron chi connectivity index (χ0n) is 11.0. The zero-order chi connectivity index (χ0) is 14.3. The van der Waals surface area contributed by atoms with Crippen molar-refractivity contribution < 1.29 is 19.5 Å². The molecule has 0 spiro atoms. The molecule has 2 amide bonds. The number of aliphatic carboxylic acids is 1. The SMILES string of the molecule is CNC(=O)C(C)CN(C)C(=O)C(N)CCC(=O)O. The van der Waals surface area contributed by atoms with E-state index >= 15 is 0 Å². The van der Waals surface area contributed by atoms with Gasteiger partial charge in [0.2, 0.25) is 11.8 Å². The Morgan fingerprint density at radius 1 is 1.39 bits per heavy atom. The standard InChI is InChI=1S/C11H21N3O4/c1-7(10(17)13-2)6-14(3)11(18)8(12)4-5-9(15)16/h7-8H,4-6,12H2,1-3H3,(H,13,17)(H,15,16). The van der Waals surface area contributed by atoms with Crippen LogP contribution in [0.5, 0.6) is 0 Å². The van der Waals surface area contributed by atoms with Crippen molar-refractivity contribution in [1.82, 2.24) is 10.2 Å². The van der Waals surface area contributed by atoms with Gasteiger partial charge in [-0.05, 0) is 6.42 Å². The van der Waals surface area contributed by atoms with E-state index in [2.05, 4.69) is 5.32 Å². The van der Waals surface area contributed by atoms with E-state index in [9.17, 15) is 14.4 Å². The van der Waals surface area contributed by atoms with Crippen molar-refractivity contribution in [3.63, 3.8) is 0 Å². The first-order valence-electron chi connectivity index (χ1n) is 5.73. The molecule has 7 heteroatoms. The average Bonchev–Trinajstić information content (AvgIpc) is 2.33. The molecular weight excluding hydrogens is 238 g/mol. The first-order chi connectivity index (χ1) is 8.29. The fourth-order valence-electron chi connectivity index (χ4n) is 1.52. The van der Waals surface area contributed by atoms with Crippen LogP contribution in [0.15, 0.2) is 0 Å². The molecule has 0 aliphatic heterocycles. The molecule has 0 heterocycles. The lowest BCUT2D eigenvalue weighted by atomic mass is 10.1. The lowest BCUT2D eigenvalue weighted by Crippen LogP contribution is -2.45. The molecule has 0 aromatic carbocycles. The van der Waals surface area contributed by atoms with E-state index in [0.29, 0.717) is 0 Å². The summed E-state index contributed by atoms with van der Waals surface area (Å²) in [5.41, 5.74) is 5.60. The van der Waals surface area contributed by atoms with Gasteiger partial charge in [-0.25, -0.2) is 0 Å². The number of rotatable bonds is 7. The number of nitrogens with two attached hydrogens (primary N) is 1. The number of nitrogens with zero attached hydrogens (tertiary/aromatic N) is 1. The second-order valence-electron chi connectivity index (χ2n) is 4.27. The summed E-state index contributed by atoms with van der Waals surface area (Å²) >= 11 is 0. The van der Waals surface area contributed by atoms with Gasteiger partial charge in [0.25, 0.3) is 0 Å². The minimum atomic E-state index is -0.986. The van der Waals surface area contributed by atoms with Crippen LogP contribution in [-0.2, 0) is 14.4 Å².